The van der Waals surface area contributed by atoms with Crippen LogP contribution in [0, 0.1) is 0 Å². The standard InChI is InChI=1S/C30H32N2O6S/c1-20(33)38-28-29(22-9-11-23(35-3)12-10-22)39-27-7-5-4-6-24(27)32(30(28)34)17-16-31(2)15-14-21-8-13-25-26(18-21)37-19-36-25/h4-13,18,28-29H,14-17,19H2,1-3H3/t28-,29+/m1/s1. The van der Waals surface area contributed by atoms with Crippen molar-refractivity contribution in [2.75, 3.05) is 45.5 Å². The van der Waals surface area contributed by atoms with Crippen LogP contribution in [0.1, 0.15) is 23.3 Å². The quantitative estimate of drug-likeness (QED) is 0.356. The Morgan fingerprint density at radius 3 is 2.59 bits per heavy atom. The Kier molecular flexibility index (Phi) is 8.28. The van der Waals surface area contributed by atoms with Crippen LogP contribution < -0.4 is 19.1 Å². The van der Waals surface area contributed by atoms with E-state index in [1.165, 1.54) is 18.7 Å². The molecule has 1 amide bonds. The number of para-hydroxylation sites is 1. The number of ether oxygens (including phenoxy) is 4. The molecule has 0 radical (unpaired) electrons. The minimum absolute atomic E-state index is 0.229. The fourth-order valence-corrected chi connectivity index (χ4v) is 6.06. The molecule has 2 aliphatic heterocycles. The van der Waals surface area contributed by atoms with Gasteiger partial charge in [-0.1, -0.05) is 30.3 Å². The minimum atomic E-state index is -0.966. The van der Waals surface area contributed by atoms with E-state index in [-0.39, 0.29) is 12.7 Å². The molecule has 5 rings (SSSR count). The van der Waals surface area contributed by atoms with Crippen LogP contribution in [0.5, 0.6) is 17.2 Å². The molecule has 0 N–H and O–H groups in total. The van der Waals surface area contributed by atoms with E-state index in [1.807, 2.05) is 67.7 Å². The van der Waals surface area contributed by atoms with Gasteiger partial charge in [0.1, 0.15) is 5.75 Å². The van der Waals surface area contributed by atoms with E-state index >= 15 is 0 Å². The molecule has 0 aliphatic carbocycles. The molecule has 0 fully saturated rings. The van der Waals surface area contributed by atoms with Crippen molar-refractivity contribution in [3.8, 4) is 17.2 Å². The highest BCUT2D eigenvalue weighted by atomic mass is 32.2. The number of methoxy groups -OCH3 is 1. The van der Waals surface area contributed by atoms with Crippen molar-refractivity contribution in [1.29, 1.82) is 0 Å². The molecular weight excluding hydrogens is 516 g/mol. The van der Waals surface area contributed by atoms with E-state index in [0.29, 0.717) is 13.1 Å². The zero-order chi connectivity index (χ0) is 27.4. The molecule has 3 aromatic rings. The Morgan fingerprint density at radius 2 is 1.82 bits per heavy atom. The fraction of sp³-hybridized carbons (Fsp3) is 0.333. The Morgan fingerprint density at radius 1 is 1.05 bits per heavy atom. The SMILES string of the molecule is COc1ccc([C@@H]2Sc3ccccc3N(CCN(C)CCc3ccc4c(c3)OCO4)C(=O)[C@@H]2OC(C)=O)cc1. The second-order valence-electron chi connectivity index (χ2n) is 9.54. The predicted molar refractivity (Wildman–Crippen MR) is 150 cm³/mol. The summed E-state index contributed by atoms with van der Waals surface area (Å²) in [6, 6.07) is 21.4. The fourth-order valence-electron chi connectivity index (χ4n) is 4.74. The number of amides is 1. The van der Waals surface area contributed by atoms with Crippen LogP contribution >= 0.6 is 11.8 Å². The van der Waals surface area contributed by atoms with Crippen molar-refractivity contribution in [1.82, 2.24) is 4.90 Å². The van der Waals surface area contributed by atoms with Crippen molar-refractivity contribution in [3.05, 3.63) is 77.9 Å². The topological polar surface area (TPSA) is 77.5 Å². The predicted octanol–water partition coefficient (Wildman–Crippen LogP) is 4.71. The third kappa shape index (κ3) is 6.15. The lowest BCUT2D eigenvalue weighted by molar-refractivity contribution is -0.152. The summed E-state index contributed by atoms with van der Waals surface area (Å²) in [7, 11) is 3.65. The van der Waals surface area contributed by atoms with Crippen LogP contribution in [-0.2, 0) is 20.7 Å². The molecule has 39 heavy (non-hydrogen) atoms. The molecule has 2 heterocycles. The van der Waals surface area contributed by atoms with Gasteiger partial charge >= 0.3 is 5.97 Å². The summed E-state index contributed by atoms with van der Waals surface area (Å²) in [6.45, 7) is 3.52. The van der Waals surface area contributed by atoms with Crippen molar-refractivity contribution < 1.29 is 28.5 Å². The highest BCUT2D eigenvalue weighted by molar-refractivity contribution is 7.99. The first-order valence-corrected chi connectivity index (χ1v) is 13.8. The molecule has 9 heteroatoms. The largest absolute Gasteiger partial charge is 0.497 e. The van der Waals surface area contributed by atoms with E-state index < -0.39 is 17.3 Å². The molecule has 0 spiro atoms. The Labute approximate surface area is 232 Å². The summed E-state index contributed by atoms with van der Waals surface area (Å²) >= 11 is 1.54. The molecule has 0 saturated carbocycles. The van der Waals surface area contributed by atoms with E-state index in [0.717, 1.165) is 51.9 Å². The number of hydrogen-bond acceptors (Lipinski definition) is 8. The van der Waals surface area contributed by atoms with Crippen LogP contribution in [0.15, 0.2) is 71.6 Å². The smallest absolute Gasteiger partial charge is 0.303 e. The van der Waals surface area contributed by atoms with Crippen LogP contribution in [-0.4, -0.2) is 63.5 Å². The second kappa shape index (κ2) is 12.0. The molecule has 0 bridgehead atoms. The average Bonchev–Trinajstić information content (AvgIpc) is 3.38. The van der Waals surface area contributed by atoms with Gasteiger partial charge < -0.3 is 28.7 Å². The Hall–Kier alpha value is -3.69. The normalized spacial score (nSPS) is 18.1. The Bertz CT molecular complexity index is 1330. The lowest BCUT2D eigenvalue weighted by Crippen LogP contribution is -2.45. The summed E-state index contributed by atoms with van der Waals surface area (Å²) in [5.74, 6) is 1.56. The van der Waals surface area contributed by atoms with Crippen LogP contribution in [0.3, 0.4) is 0 Å². The van der Waals surface area contributed by atoms with E-state index in [1.54, 1.807) is 12.0 Å². The maximum atomic E-state index is 14.0. The van der Waals surface area contributed by atoms with Gasteiger partial charge in [-0.25, -0.2) is 0 Å². The number of benzene rings is 3. The van der Waals surface area contributed by atoms with Crippen LogP contribution in [0.4, 0.5) is 5.69 Å². The molecule has 3 aromatic carbocycles. The third-order valence-electron chi connectivity index (χ3n) is 6.86. The van der Waals surface area contributed by atoms with Gasteiger partial charge in [-0.05, 0) is 61.0 Å². The lowest BCUT2D eigenvalue weighted by Gasteiger charge is -2.29. The van der Waals surface area contributed by atoms with Crippen molar-refractivity contribution >= 4 is 29.3 Å². The van der Waals surface area contributed by atoms with E-state index in [9.17, 15) is 9.59 Å². The number of rotatable bonds is 9. The van der Waals surface area contributed by atoms with E-state index in [2.05, 4.69) is 11.0 Å². The molecule has 204 valence electrons. The van der Waals surface area contributed by atoms with Crippen molar-refractivity contribution in [2.24, 2.45) is 0 Å². The maximum absolute atomic E-state index is 14.0. The zero-order valence-corrected chi connectivity index (χ0v) is 23.1. The van der Waals surface area contributed by atoms with Gasteiger partial charge in [0.2, 0.25) is 6.79 Å². The number of fused-ring (bicyclic) bond motifs is 2. The number of anilines is 1. The molecule has 0 saturated heterocycles. The first-order chi connectivity index (χ1) is 18.9. The average molecular weight is 549 g/mol. The van der Waals surface area contributed by atoms with Gasteiger partial charge in [-0.15, -0.1) is 11.8 Å². The summed E-state index contributed by atoms with van der Waals surface area (Å²) in [4.78, 5) is 31.1. The maximum Gasteiger partial charge on any atom is 0.303 e. The van der Waals surface area contributed by atoms with Crippen LogP contribution in [0.2, 0.25) is 0 Å². The zero-order valence-electron chi connectivity index (χ0n) is 22.3. The molecular formula is C30H32N2O6S. The Balaban J connectivity index is 1.33. The minimum Gasteiger partial charge on any atom is -0.497 e. The van der Waals surface area contributed by atoms with E-state index in [4.69, 9.17) is 18.9 Å². The second-order valence-corrected chi connectivity index (χ2v) is 10.7. The summed E-state index contributed by atoms with van der Waals surface area (Å²) in [5, 5.41) is -0.401. The number of hydrogen-bond donors (Lipinski definition) is 0. The molecule has 0 aromatic heterocycles. The molecule has 2 aliphatic rings. The summed E-state index contributed by atoms with van der Waals surface area (Å²) < 4.78 is 21.9. The van der Waals surface area contributed by atoms with Crippen molar-refractivity contribution in [2.45, 2.75) is 29.6 Å². The highest BCUT2D eigenvalue weighted by Crippen LogP contribution is 2.46. The third-order valence-corrected chi connectivity index (χ3v) is 8.23. The van der Waals surface area contributed by atoms with Crippen molar-refractivity contribution in [3.63, 3.8) is 0 Å². The number of esters is 1. The van der Waals surface area contributed by atoms with Gasteiger partial charge in [-0.2, -0.15) is 0 Å². The number of carbonyl (C=O) groups is 2. The van der Waals surface area contributed by atoms with Gasteiger partial charge in [0, 0.05) is 31.5 Å². The number of nitrogens with zero attached hydrogens (tertiary/aromatic N) is 2. The van der Waals surface area contributed by atoms with Gasteiger partial charge in [0.25, 0.3) is 5.91 Å². The first-order valence-electron chi connectivity index (χ1n) is 12.9. The monoisotopic (exact) mass is 548 g/mol. The first kappa shape index (κ1) is 26.9. The van der Waals surface area contributed by atoms with Gasteiger partial charge in [0.15, 0.2) is 17.6 Å². The molecule has 0 unspecified atom stereocenters. The summed E-state index contributed by atoms with van der Waals surface area (Å²) in [5.41, 5.74) is 2.87. The van der Waals surface area contributed by atoms with Gasteiger partial charge in [0.05, 0.1) is 18.0 Å². The number of carbonyl (C=O) groups excluding carboxylic acids is 2. The van der Waals surface area contributed by atoms with Crippen LogP contribution in [0.25, 0.3) is 0 Å². The highest BCUT2D eigenvalue weighted by Gasteiger charge is 2.40. The lowest BCUT2D eigenvalue weighted by atomic mass is 10.1. The number of thioether (sulfide) groups is 1. The molecule has 8 nitrogen and oxygen atoms in total. The number of likely N-dealkylation sites (N-methyl/N-ethyl adjacent to an activating group) is 1. The van der Waals surface area contributed by atoms with Gasteiger partial charge in [-0.3, -0.25) is 9.59 Å². The summed E-state index contributed by atoms with van der Waals surface area (Å²) in [6.07, 6.45) is -0.129. The molecule has 2 atom stereocenters.